The van der Waals surface area contributed by atoms with Gasteiger partial charge >= 0.3 is 0 Å². The lowest BCUT2D eigenvalue weighted by Crippen LogP contribution is -2.25. The molecular formula is C15H21N3OS. The van der Waals surface area contributed by atoms with Gasteiger partial charge in [0, 0.05) is 12.1 Å². The van der Waals surface area contributed by atoms with Gasteiger partial charge in [-0.3, -0.25) is 4.57 Å². The number of methoxy groups -OCH3 is 1. The van der Waals surface area contributed by atoms with Crippen molar-refractivity contribution >= 4 is 23.4 Å². The van der Waals surface area contributed by atoms with Crippen LogP contribution in [0.2, 0.25) is 0 Å². The van der Waals surface area contributed by atoms with Crippen molar-refractivity contribution in [3.8, 4) is 5.88 Å². The number of hydrogen-bond donors (Lipinski definition) is 1. The third-order valence-electron chi connectivity index (χ3n) is 4.47. The molecular weight excluding hydrogens is 270 g/mol. The summed E-state index contributed by atoms with van der Waals surface area (Å²) in [7, 11) is 1.64. The normalized spacial score (nSPS) is 26.9. The number of pyridine rings is 1. The molecule has 3 unspecified atom stereocenters. The second-order valence-electron chi connectivity index (χ2n) is 5.99. The first-order valence-electron chi connectivity index (χ1n) is 7.25. The first-order valence-corrected chi connectivity index (χ1v) is 7.66. The molecule has 2 aromatic rings. The second-order valence-corrected chi connectivity index (χ2v) is 6.37. The molecule has 0 radical (unpaired) electrons. The van der Waals surface area contributed by atoms with E-state index in [0.717, 1.165) is 21.9 Å². The maximum Gasteiger partial charge on any atom is 0.215 e. The SMILES string of the molecule is COc1ccc2[nH]c(=S)n(C3CCC(C)CC3C)c2n1. The fourth-order valence-electron chi connectivity index (χ4n) is 3.44. The maximum atomic E-state index is 5.52. The number of aromatic amines is 1. The van der Waals surface area contributed by atoms with Gasteiger partial charge in [-0.05, 0) is 49.4 Å². The van der Waals surface area contributed by atoms with Crippen LogP contribution < -0.4 is 4.74 Å². The van der Waals surface area contributed by atoms with Crippen molar-refractivity contribution in [2.45, 2.75) is 39.2 Å². The molecule has 4 nitrogen and oxygen atoms in total. The summed E-state index contributed by atoms with van der Waals surface area (Å²) in [4.78, 5) is 7.85. The zero-order valence-electron chi connectivity index (χ0n) is 12.2. The smallest absolute Gasteiger partial charge is 0.215 e. The molecule has 20 heavy (non-hydrogen) atoms. The fourth-order valence-corrected chi connectivity index (χ4v) is 3.77. The molecule has 2 heterocycles. The van der Waals surface area contributed by atoms with Crippen LogP contribution in [0.1, 0.15) is 39.2 Å². The molecule has 1 aliphatic rings. The first-order chi connectivity index (χ1) is 9.60. The number of ether oxygens (including phenoxy) is 1. The van der Waals surface area contributed by atoms with E-state index < -0.39 is 0 Å². The number of nitrogens with zero attached hydrogens (tertiary/aromatic N) is 2. The Morgan fingerprint density at radius 2 is 2.15 bits per heavy atom. The molecule has 3 atom stereocenters. The number of imidazole rings is 1. The molecule has 1 N–H and O–H groups in total. The molecule has 0 bridgehead atoms. The van der Waals surface area contributed by atoms with E-state index in [0.29, 0.717) is 17.8 Å². The van der Waals surface area contributed by atoms with Gasteiger partial charge in [-0.1, -0.05) is 13.8 Å². The van der Waals surface area contributed by atoms with Crippen LogP contribution in [0, 0.1) is 16.6 Å². The summed E-state index contributed by atoms with van der Waals surface area (Å²) in [5.41, 5.74) is 1.90. The van der Waals surface area contributed by atoms with E-state index >= 15 is 0 Å². The van der Waals surface area contributed by atoms with Crippen LogP contribution in [-0.2, 0) is 0 Å². The maximum absolute atomic E-state index is 5.52. The van der Waals surface area contributed by atoms with Crippen molar-refractivity contribution in [2.24, 2.45) is 11.8 Å². The third kappa shape index (κ3) is 2.24. The minimum atomic E-state index is 0.437. The number of rotatable bonds is 2. The molecule has 0 aliphatic heterocycles. The van der Waals surface area contributed by atoms with Crippen molar-refractivity contribution in [3.05, 3.63) is 16.9 Å². The zero-order chi connectivity index (χ0) is 14.3. The van der Waals surface area contributed by atoms with Gasteiger partial charge in [-0.2, -0.15) is 4.98 Å². The van der Waals surface area contributed by atoms with E-state index in [2.05, 4.69) is 28.4 Å². The van der Waals surface area contributed by atoms with E-state index in [4.69, 9.17) is 17.0 Å². The lowest BCUT2D eigenvalue weighted by molar-refractivity contribution is 0.209. The summed E-state index contributed by atoms with van der Waals surface area (Å²) in [6, 6.07) is 4.29. The van der Waals surface area contributed by atoms with Crippen LogP contribution in [0.5, 0.6) is 5.88 Å². The molecule has 3 rings (SSSR count). The average Bonchev–Trinajstić information content (AvgIpc) is 2.74. The Balaban J connectivity index is 2.10. The Bertz CT molecular complexity index is 675. The molecule has 1 aliphatic carbocycles. The van der Waals surface area contributed by atoms with Crippen LogP contribution >= 0.6 is 12.2 Å². The lowest BCUT2D eigenvalue weighted by Gasteiger charge is -2.33. The van der Waals surface area contributed by atoms with Crippen LogP contribution in [-0.4, -0.2) is 21.6 Å². The van der Waals surface area contributed by atoms with Crippen molar-refractivity contribution < 1.29 is 4.74 Å². The molecule has 108 valence electrons. The molecule has 0 spiro atoms. The van der Waals surface area contributed by atoms with Gasteiger partial charge in [0.25, 0.3) is 0 Å². The second kappa shape index (κ2) is 5.20. The predicted octanol–water partition coefficient (Wildman–Crippen LogP) is 4.10. The Kier molecular flexibility index (Phi) is 3.54. The largest absolute Gasteiger partial charge is 0.481 e. The van der Waals surface area contributed by atoms with Crippen molar-refractivity contribution in [1.82, 2.24) is 14.5 Å². The molecule has 5 heteroatoms. The molecule has 1 fully saturated rings. The highest BCUT2D eigenvalue weighted by Crippen LogP contribution is 2.38. The average molecular weight is 291 g/mol. The quantitative estimate of drug-likeness (QED) is 0.847. The van der Waals surface area contributed by atoms with E-state index in [9.17, 15) is 0 Å². The van der Waals surface area contributed by atoms with Crippen LogP contribution in [0.25, 0.3) is 11.2 Å². The van der Waals surface area contributed by atoms with Crippen molar-refractivity contribution in [2.75, 3.05) is 7.11 Å². The minimum Gasteiger partial charge on any atom is -0.481 e. The van der Waals surface area contributed by atoms with Gasteiger partial charge < -0.3 is 9.72 Å². The van der Waals surface area contributed by atoms with E-state index in [-0.39, 0.29) is 0 Å². The number of aromatic nitrogens is 3. The zero-order valence-corrected chi connectivity index (χ0v) is 13.0. The van der Waals surface area contributed by atoms with Crippen LogP contribution in [0.4, 0.5) is 0 Å². The van der Waals surface area contributed by atoms with E-state index in [1.165, 1.54) is 19.3 Å². The summed E-state index contributed by atoms with van der Waals surface area (Å²) >= 11 is 5.52. The summed E-state index contributed by atoms with van der Waals surface area (Å²) in [5, 5.41) is 0. The van der Waals surface area contributed by atoms with E-state index in [1.807, 2.05) is 12.1 Å². The number of nitrogens with one attached hydrogen (secondary N) is 1. The summed E-state index contributed by atoms with van der Waals surface area (Å²) in [5.74, 6) is 2.07. The minimum absolute atomic E-state index is 0.437. The van der Waals surface area contributed by atoms with E-state index in [1.54, 1.807) is 7.11 Å². The fraction of sp³-hybridized carbons (Fsp3) is 0.600. The number of fused-ring (bicyclic) bond motifs is 1. The Morgan fingerprint density at radius 1 is 1.35 bits per heavy atom. The number of H-pyrrole nitrogens is 1. The Morgan fingerprint density at radius 3 is 2.85 bits per heavy atom. The topological polar surface area (TPSA) is 42.8 Å². The van der Waals surface area contributed by atoms with Gasteiger partial charge in [0.1, 0.15) is 0 Å². The Labute approximate surface area is 124 Å². The molecule has 1 saturated carbocycles. The highest BCUT2D eigenvalue weighted by atomic mass is 32.1. The molecule has 2 aromatic heterocycles. The Hall–Kier alpha value is -1.36. The van der Waals surface area contributed by atoms with Gasteiger partial charge in [0.15, 0.2) is 10.4 Å². The highest BCUT2D eigenvalue weighted by Gasteiger charge is 2.28. The van der Waals surface area contributed by atoms with Crippen LogP contribution in [0.15, 0.2) is 12.1 Å². The van der Waals surface area contributed by atoms with Gasteiger partial charge in [0.2, 0.25) is 5.88 Å². The number of hydrogen-bond acceptors (Lipinski definition) is 3. The van der Waals surface area contributed by atoms with Crippen molar-refractivity contribution in [3.63, 3.8) is 0 Å². The first kappa shape index (κ1) is 13.6. The van der Waals surface area contributed by atoms with Gasteiger partial charge in [-0.15, -0.1) is 0 Å². The summed E-state index contributed by atoms with van der Waals surface area (Å²) in [6.45, 7) is 4.66. The van der Waals surface area contributed by atoms with Gasteiger partial charge in [0.05, 0.1) is 12.6 Å². The lowest BCUT2D eigenvalue weighted by atomic mass is 9.80. The highest BCUT2D eigenvalue weighted by molar-refractivity contribution is 7.71. The van der Waals surface area contributed by atoms with Gasteiger partial charge in [-0.25, -0.2) is 0 Å². The molecule has 0 saturated heterocycles. The molecule has 0 aromatic carbocycles. The summed E-state index contributed by atoms with van der Waals surface area (Å²) in [6.07, 6.45) is 3.68. The van der Waals surface area contributed by atoms with Crippen LogP contribution in [0.3, 0.4) is 0 Å². The summed E-state index contributed by atoms with van der Waals surface area (Å²) < 4.78 is 8.21. The monoisotopic (exact) mass is 291 g/mol. The third-order valence-corrected chi connectivity index (χ3v) is 4.76. The van der Waals surface area contributed by atoms with Crippen molar-refractivity contribution in [1.29, 1.82) is 0 Å². The predicted molar refractivity (Wildman–Crippen MR) is 82.7 cm³/mol. The standard InChI is InChI=1S/C15H21N3OS/c1-9-4-6-12(10(2)8-9)18-14-11(16-15(18)20)5-7-13(17-14)19-3/h5,7,9-10,12H,4,6,8H2,1-3H3,(H,16,20). The molecule has 0 amide bonds.